The summed E-state index contributed by atoms with van der Waals surface area (Å²) in [5.41, 5.74) is 4.29. The Kier molecular flexibility index (Phi) is 5.34. The van der Waals surface area contributed by atoms with E-state index in [0.29, 0.717) is 22.3 Å². The van der Waals surface area contributed by atoms with Gasteiger partial charge in [0.15, 0.2) is 5.69 Å². The molecule has 0 radical (unpaired) electrons. The number of nitrogens with zero attached hydrogens (tertiary/aromatic N) is 3. The van der Waals surface area contributed by atoms with Crippen molar-refractivity contribution in [3.63, 3.8) is 0 Å². The summed E-state index contributed by atoms with van der Waals surface area (Å²) in [6, 6.07) is 18.4. The molecule has 0 saturated carbocycles. The SMILES string of the molecule is O=C(O)c1cc(-c2ccc(-c3ccc(Cl)cc3Cl)cc2)n(Cc2cccnc2)n1. The molecule has 0 fully saturated rings. The molecule has 144 valence electrons. The van der Waals surface area contributed by atoms with Crippen LogP contribution >= 0.6 is 23.2 Å². The van der Waals surface area contributed by atoms with Gasteiger partial charge < -0.3 is 5.11 Å². The largest absolute Gasteiger partial charge is 0.476 e. The number of pyridine rings is 1. The first kappa shape index (κ1) is 19.2. The third-order valence-corrected chi connectivity index (χ3v) is 5.02. The normalized spacial score (nSPS) is 10.8. The fourth-order valence-corrected chi connectivity index (χ4v) is 3.60. The maximum absolute atomic E-state index is 11.4. The summed E-state index contributed by atoms with van der Waals surface area (Å²) in [4.78, 5) is 15.5. The summed E-state index contributed by atoms with van der Waals surface area (Å²) in [7, 11) is 0. The first-order chi connectivity index (χ1) is 14.0. The van der Waals surface area contributed by atoms with Crippen LogP contribution in [-0.2, 0) is 6.54 Å². The van der Waals surface area contributed by atoms with Gasteiger partial charge in [-0.1, -0.05) is 59.6 Å². The van der Waals surface area contributed by atoms with Gasteiger partial charge in [0.05, 0.1) is 12.2 Å². The number of carboxylic acid groups (broad SMARTS) is 1. The quantitative estimate of drug-likeness (QED) is 0.449. The molecule has 5 nitrogen and oxygen atoms in total. The summed E-state index contributed by atoms with van der Waals surface area (Å²) in [5.74, 6) is -1.07. The lowest BCUT2D eigenvalue weighted by Gasteiger charge is -2.09. The molecule has 29 heavy (non-hydrogen) atoms. The van der Waals surface area contributed by atoms with Crippen LogP contribution in [0.15, 0.2) is 73.1 Å². The van der Waals surface area contributed by atoms with Crippen LogP contribution in [0.5, 0.6) is 0 Å². The van der Waals surface area contributed by atoms with Crippen LogP contribution in [0, 0.1) is 0 Å². The van der Waals surface area contributed by atoms with Crippen LogP contribution in [-0.4, -0.2) is 25.8 Å². The van der Waals surface area contributed by atoms with Crippen molar-refractivity contribution in [1.82, 2.24) is 14.8 Å². The fourth-order valence-electron chi connectivity index (χ4n) is 3.08. The van der Waals surface area contributed by atoms with Crippen molar-refractivity contribution in [3.05, 3.63) is 94.4 Å². The van der Waals surface area contributed by atoms with Crippen molar-refractivity contribution in [2.24, 2.45) is 0 Å². The van der Waals surface area contributed by atoms with Crippen LogP contribution in [0.3, 0.4) is 0 Å². The van der Waals surface area contributed by atoms with Gasteiger partial charge in [-0.15, -0.1) is 0 Å². The molecule has 2 aromatic carbocycles. The van der Waals surface area contributed by atoms with E-state index in [4.69, 9.17) is 23.2 Å². The van der Waals surface area contributed by atoms with Crippen LogP contribution in [0.25, 0.3) is 22.4 Å². The Hall–Kier alpha value is -3.15. The van der Waals surface area contributed by atoms with E-state index in [1.807, 2.05) is 42.5 Å². The molecule has 2 heterocycles. The number of aromatic carboxylic acids is 1. The minimum Gasteiger partial charge on any atom is -0.476 e. The van der Waals surface area contributed by atoms with Crippen molar-refractivity contribution in [2.75, 3.05) is 0 Å². The zero-order valence-electron chi connectivity index (χ0n) is 15.1. The highest BCUT2D eigenvalue weighted by molar-refractivity contribution is 6.36. The average Bonchev–Trinajstić information content (AvgIpc) is 3.13. The molecule has 4 rings (SSSR count). The highest BCUT2D eigenvalue weighted by Crippen LogP contribution is 2.32. The number of hydrogen-bond donors (Lipinski definition) is 1. The lowest BCUT2D eigenvalue weighted by molar-refractivity contribution is 0.0689. The molecule has 0 aliphatic carbocycles. The Morgan fingerprint density at radius 2 is 1.76 bits per heavy atom. The minimum atomic E-state index is -1.07. The van der Waals surface area contributed by atoms with Crippen molar-refractivity contribution in [1.29, 1.82) is 0 Å². The smallest absolute Gasteiger partial charge is 0.356 e. The maximum Gasteiger partial charge on any atom is 0.356 e. The van der Waals surface area contributed by atoms with E-state index in [0.717, 1.165) is 22.3 Å². The van der Waals surface area contributed by atoms with Gasteiger partial charge in [-0.3, -0.25) is 9.67 Å². The van der Waals surface area contributed by atoms with E-state index in [1.54, 1.807) is 35.3 Å². The zero-order chi connectivity index (χ0) is 20.4. The molecule has 0 bridgehead atoms. The molecule has 0 aliphatic rings. The Morgan fingerprint density at radius 3 is 2.41 bits per heavy atom. The van der Waals surface area contributed by atoms with E-state index >= 15 is 0 Å². The van der Waals surface area contributed by atoms with Crippen molar-refractivity contribution in [2.45, 2.75) is 6.54 Å². The predicted molar refractivity (Wildman–Crippen MR) is 113 cm³/mol. The van der Waals surface area contributed by atoms with Crippen LogP contribution < -0.4 is 0 Å². The second-order valence-electron chi connectivity index (χ2n) is 6.44. The lowest BCUT2D eigenvalue weighted by Crippen LogP contribution is -2.06. The number of hydrogen-bond acceptors (Lipinski definition) is 3. The van der Waals surface area contributed by atoms with E-state index in [1.165, 1.54) is 0 Å². The molecule has 0 spiro atoms. The summed E-state index contributed by atoms with van der Waals surface area (Å²) in [6.07, 6.45) is 3.42. The number of benzene rings is 2. The zero-order valence-corrected chi connectivity index (χ0v) is 16.6. The maximum atomic E-state index is 11.4. The number of aromatic nitrogens is 3. The highest BCUT2D eigenvalue weighted by Gasteiger charge is 2.15. The van der Waals surface area contributed by atoms with Gasteiger partial charge >= 0.3 is 5.97 Å². The Bertz CT molecular complexity index is 1170. The minimum absolute atomic E-state index is 0.00582. The summed E-state index contributed by atoms with van der Waals surface area (Å²) >= 11 is 12.3. The van der Waals surface area contributed by atoms with Crippen LogP contribution in [0.4, 0.5) is 0 Å². The molecule has 0 aliphatic heterocycles. The van der Waals surface area contributed by atoms with Crippen molar-refractivity contribution >= 4 is 29.2 Å². The molecular formula is C22H15Cl2N3O2. The molecule has 7 heteroatoms. The Balaban J connectivity index is 1.71. The molecule has 2 aromatic heterocycles. The first-order valence-electron chi connectivity index (χ1n) is 8.77. The number of carbonyl (C=O) groups is 1. The van der Waals surface area contributed by atoms with Gasteiger partial charge in [0.1, 0.15) is 0 Å². The van der Waals surface area contributed by atoms with E-state index in [9.17, 15) is 9.90 Å². The number of halogens is 2. The van der Waals surface area contributed by atoms with Gasteiger partial charge in [-0.05, 0) is 41.0 Å². The van der Waals surface area contributed by atoms with E-state index in [-0.39, 0.29) is 5.69 Å². The topological polar surface area (TPSA) is 68.0 Å². The van der Waals surface area contributed by atoms with Gasteiger partial charge in [0.2, 0.25) is 0 Å². The van der Waals surface area contributed by atoms with Gasteiger partial charge in [-0.2, -0.15) is 5.10 Å². The fraction of sp³-hybridized carbons (Fsp3) is 0.0455. The number of rotatable bonds is 5. The van der Waals surface area contributed by atoms with Crippen molar-refractivity contribution < 1.29 is 9.90 Å². The third-order valence-electron chi connectivity index (χ3n) is 4.48. The van der Waals surface area contributed by atoms with E-state index < -0.39 is 5.97 Å². The second-order valence-corrected chi connectivity index (χ2v) is 7.28. The standard InChI is InChI=1S/C22H15Cl2N3O2/c23-17-7-8-18(19(24)10-17)15-3-5-16(6-4-15)21-11-20(22(28)29)26-27(21)13-14-2-1-9-25-12-14/h1-12H,13H2,(H,28,29). The number of carboxylic acids is 1. The average molecular weight is 424 g/mol. The van der Waals surface area contributed by atoms with Crippen LogP contribution in [0.1, 0.15) is 16.1 Å². The van der Waals surface area contributed by atoms with Gasteiger partial charge in [0.25, 0.3) is 0 Å². The predicted octanol–water partition coefficient (Wildman–Crippen LogP) is 5.67. The second kappa shape index (κ2) is 8.07. The molecule has 0 amide bonds. The summed E-state index contributed by atoms with van der Waals surface area (Å²) in [6.45, 7) is 0.418. The highest BCUT2D eigenvalue weighted by atomic mass is 35.5. The van der Waals surface area contributed by atoms with Gasteiger partial charge in [-0.25, -0.2) is 4.79 Å². The summed E-state index contributed by atoms with van der Waals surface area (Å²) < 4.78 is 1.67. The Labute approximate surface area is 177 Å². The molecule has 0 atom stereocenters. The molecule has 0 unspecified atom stereocenters. The van der Waals surface area contributed by atoms with E-state index in [2.05, 4.69) is 10.1 Å². The molecular weight excluding hydrogens is 409 g/mol. The monoisotopic (exact) mass is 423 g/mol. The Morgan fingerprint density at radius 1 is 1.00 bits per heavy atom. The molecule has 0 saturated heterocycles. The first-order valence-corrected chi connectivity index (χ1v) is 9.53. The molecule has 4 aromatic rings. The van der Waals surface area contributed by atoms with Crippen LogP contribution in [0.2, 0.25) is 10.0 Å². The van der Waals surface area contributed by atoms with Gasteiger partial charge in [0, 0.05) is 28.0 Å². The lowest BCUT2D eigenvalue weighted by atomic mass is 10.0. The third kappa shape index (κ3) is 4.16. The van der Waals surface area contributed by atoms with Crippen molar-refractivity contribution in [3.8, 4) is 22.4 Å². The molecule has 1 N–H and O–H groups in total. The summed E-state index contributed by atoms with van der Waals surface area (Å²) in [5, 5.41) is 14.8.